The van der Waals surface area contributed by atoms with Gasteiger partial charge in [0, 0.05) is 19.4 Å². The molecule has 1 fully saturated rings. The summed E-state index contributed by atoms with van der Waals surface area (Å²) in [6.45, 7) is 2.96. The maximum Gasteiger partial charge on any atom is 0.249 e. The molecule has 0 bridgehead atoms. The molecule has 0 aliphatic carbocycles. The van der Waals surface area contributed by atoms with E-state index in [0.29, 0.717) is 12.3 Å². The maximum atomic E-state index is 12.5. The topological polar surface area (TPSA) is 59.2 Å². The molecule has 2 heterocycles. The van der Waals surface area contributed by atoms with Crippen molar-refractivity contribution >= 4 is 5.91 Å². The fourth-order valence-corrected chi connectivity index (χ4v) is 3.59. The SMILES string of the molecule is CCCCCC(=O)N1CCC[C@H]1c1nc(CCCc2ccccc2)no1. The van der Waals surface area contributed by atoms with Crippen LogP contribution in [0, 0.1) is 0 Å². The Morgan fingerprint density at radius 3 is 2.85 bits per heavy atom. The van der Waals surface area contributed by atoms with Gasteiger partial charge in [-0.1, -0.05) is 55.3 Å². The van der Waals surface area contributed by atoms with Crippen molar-refractivity contribution in [2.24, 2.45) is 0 Å². The Labute approximate surface area is 155 Å². The van der Waals surface area contributed by atoms with E-state index in [0.717, 1.165) is 63.7 Å². The molecule has 2 aromatic rings. The molecule has 1 aliphatic rings. The molecular formula is C21H29N3O2. The molecule has 5 nitrogen and oxygen atoms in total. The number of nitrogens with zero attached hydrogens (tertiary/aromatic N) is 3. The molecule has 1 aliphatic heterocycles. The largest absolute Gasteiger partial charge is 0.337 e. The van der Waals surface area contributed by atoms with Gasteiger partial charge in [-0.15, -0.1) is 0 Å². The number of hydrogen-bond donors (Lipinski definition) is 0. The smallest absolute Gasteiger partial charge is 0.249 e. The molecular weight excluding hydrogens is 326 g/mol. The van der Waals surface area contributed by atoms with Gasteiger partial charge in [-0.25, -0.2) is 0 Å². The van der Waals surface area contributed by atoms with Crippen LogP contribution in [0.15, 0.2) is 34.9 Å². The van der Waals surface area contributed by atoms with Gasteiger partial charge in [0.05, 0.1) is 0 Å². The van der Waals surface area contributed by atoms with Crippen LogP contribution in [0.2, 0.25) is 0 Å². The zero-order valence-electron chi connectivity index (χ0n) is 15.7. The molecule has 3 rings (SSSR count). The van der Waals surface area contributed by atoms with E-state index in [9.17, 15) is 4.79 Å². The zero-order valence-corrected chi connectivity index (χ0v) is 15.7. The summed E-state index contributed by atoms with van der Waals surface area (Å²) in [6, 6.07) is 10.4. The molecule has 26 heavy (non-hydrogen) atoms. The number of benzene rings is 1. The number of carbonyl (C=O) groups excluding carboxylic acids is 1. The van der Waals surface area contributed by atoms with Gasteiger partial charge < -0.3 is 9.42 Å². The fraction of sp³-hybridized carbons (Fsp3) is 0.571. The summed E-state index contributed by atoms with van der Waals surface area (Å²) >= 11 is 0. The number of carbonyl (C=O) groups is 1. The van der Waals surface area contributed by atoms with Crippen molar-refractivity contribution in [3.63, 3.8) is 0 Å². The van der Waals surface area contributed by atoms with Gasteiger partial charge in [0.2, 0.25) is 11.8 Å². The van der Waals surface area contributed by atoms with Crippen LogP contribution in [-0.2, 0) is 17.6 Å². The molecule has 1 aromatic heterocycles. The Morgan fingerprint density at radius 2 is 2.04 bits per heavy atom. The van der Waals surface area contributed by atoms with E-state index in [4.69, 9.17) is 4.52 Å². The van der Waals surface area contributed by atoms with Gasteiger partial charge in [0.25, 0.3) is 0 Å². The summed E-state index contributed by atoms with van der Waals surface area (Å²) in [4.78, 5) is 19.0. The predicted octanol–water partition coefficient (Wildman–Crippen LogP) is 4.49. The first-order chi connectivity index (χ1) is 12.8. The second-order valence-corrected chi connectivity index (χ2v) is 7.09. The predicted molar refractivity (Wildman–Crippen MR) is 101 cm³/mol. The van der Waals surface area contributed by atoms with E-state index in [-0.39, 0.29) is 11.9 Å². The van der Waals surface area contributed by atoms with Crippen molar-refractivity contribution in [2.45, 2.75) is 70.8 Å². The summed E-state index contributed by atoms with van der Waals surface area (Å²) in [6.07, 6.45) is 8.57. The molecule has 0 saturated carbocycles. The fourth-order valence-electron chi connectivity index (χ4n) is 3.59. The van der Waals surface area contributed by atoms with Gasteiger partial charge in [0.15, 0.2) is 5.82 Å². The molecule has 5 heteroatoms. The van der Waals surface area contributed by atoms with Crippen molar-refractivity contribution < 1.29 is 9.32 Å². The number of unbranched alkanes of at least 4 members (excludes halogenated alkanes) is 2. The van der Waals surface area contributed by atoms with Gasteiger partial charge >= 0.3 is 0 Å². The monoisotopic (exact) mass is 355 g/mol. The van der Waals surface area contributed by atoms with Crippen molar-refractivity contribution in [3.05, 3.63) is 47.6 Å². The van der Waals surface area contributed by atoms with E-state index in [1.807, 2.05) is 11.0 Å². The molecule has 0 radical (unpaired) electrons. The first kappa shape index (κ1) is 18.6. The van der Waals surface area contributed by atoms with Crippen LogP contribution in [0.4, 0.5) is 0 Å². The maximum absolute atomic E-state index is 12.5. The minimum atomic E-state index is -0.0282. The average Bonchev–Trinajstić information content (AvgIpc) is 3.32. The molecule has 1 atom stereocenters. The molecule has 1 saturated heterocycles. The number of aryl methyl sites for hydroxylation is 2. The third-order valence-electron chi connectivity index (χ3n) is 5.04. The molecule has 0 N–H and O–H groups in total. The van der Waals surface area contributed by atoms with E-state index >= 15 is 0 Å². The van der Waals surface area contributed by atoms with E-state index in [1.165, 1.54) is 5.56 Å². The highest BCUT2D eigenvalue weighted by Crippen LogP contribution is 2.31. The number of rotatable bonds is 9. The summed E-state index contributed by atoms with van der Waals surface area (Å²) in [5, 5.41) is 4.14. The quantitative estimate of drug-likeness (QED) is 0.622. The molecule has 140 valence electrons. The van der Waals surface area contributed by atoms with Crippen LogP contribution in [-0.4, -0.2) is 27.5 Å². The minimum absolute atomic E-state index is 0.0282. The van der Waals surface area contributed by atoms with Gasteiger partial charge in [-0.2, -0.15) is 4.98 Å². The summed E-state index contributed by atoms with van der Waals surface area (Å²) in [7, 11) is 0. The highest BCUT2D eigenvalue weighted by molar-refractivity contribution is 5.76. The Kier molecular flexibility index (Phi) is 6.81. The summed E-state index contributed by atoms with van der Waals surface area (Å²) < 4.78 is 5.50. The molecule has 1 aromatic carbocycles. The van der Waals surface area contributed by atoms with E-state index in [1.54, 1.807) is 0 Å². The molecule has 0 unspecified atom stereocenters. The minimum Gasteiger partial charge on any atom is -0.337 e. The molecule has 0 spiro atoms. The number of amides is 1. The lowest BCUT2D eigenvalue weighted by molar-refractivity contribution is -0.132. The van der Waals surface area contributed by atoms with E-state index in [2.05, 4.69) is 41.3 Å². The first-order valence-corrected chi connectivity index (χ1v) is 9.94. The average molecular weight is 355 g/mol. The lowest BCUT2D eigenvalue weighted by Gasteiger charge is -2.21. The van der Waals surface area contributed by atoms with Crippen LogP contribution in [0.1, 0.15) is 75.2 Å². The summed E-state index contributed by atoms with van der Waals surface area (Å²) in [5.74, 6) is 1.59. The Bertz CT molecular complexity index is 684. The Hall–Kier alpha value is -2.17. The highest BCUT2D eigenvalue weighted by atomic mass is 16.5. The summed E-state index contributed by atoms with van der Waals surface area (Å²) in [5.41, 5.74) is 1.33. The first-order valence-electron chi connectivity index (χ1n) is 9.94. The van der Waals surface area contributed by atoms with Crippen molar-refractivity contribution in [2.75, 3.05) is 6.54 Å². The van der Waals surface area contributed by atoms with Gasteiger partial charge in [-0.3, -0.25) is 4.79 Å². The lowest BCUT2D eigenvalue weighted by atomic mass is 10.1. The normalized spacial score (nSPS) is 17.0. The van der Waals surface area contributed by atoms with Crippen molar-refractivity contribution in [1.29, 1.82) is 0 Å². The lowest BCUT2D eigenvalue weighted by Crippen LogP contribution is -2.30. The third-order valence-corrected chi connectivity index (χ3v) is 5.04. The Balaban J connectivity index is 1.52. The van der Waals surface area contributed by atoms with Crippen LogP contribution in [0.5, 0.6) is 0 Å². The Morgan fingerprint density at radius 1 is 1.19 bits per heavy atom. The van der Waals surface area contributed by atoms with Crippen LogP contribution in [0.3, 0.4) is 0 Å². The van der Waals surface area contributed by atoms with Gasteiger partial charge in [-0.05, 0) is 37.7 Å². The third kappa shape index (κ3) is 4.93. The number of aromatic nitrogens is 2. The van der Waals surface area contributed by atoms with Crippen molar-refractivity contribution in [3.8, 4) is 0 Å². The molecule has 1 amide bonds. The van der Waals surface area contributed by atoms with Crippen LogP contribution < -0.4 is 0 Å². The second-order valence-electron chi connectivity index (χ2n) is 7.09. The van der Waals surface area contributed by atoms with E-state index < -0.39 is 0 Å². The van der Waals surface area contributed by atoms with Gasteiger partial charge in [0.1, 0.15) is 6.04 Å². The van der Waals surface area contributed by atoms with Crippen LogP contribution >= 0.6 is 0 Å². The zero-order chi connectivity index (χ0) is 18.2. The second kappa shape index (κ2) is 9.51. The number of hydrogen-bond acceptors (Lipinski definition) is 4. The van der Waals surface area contributed by atoms with Crippen molar-refractivity contribution in [1.82, 2.24) is 15.0 Å². The standard InChI is InChI=1S/C21H29N3O2/c1-2-3-5-15-20(25)24-16-9-13-18(24)21-22-19(23-26-21)14-8-12-17-10-6-4-7-11-17/h4,6-7,10-11,18H,2-3,5,8-9,12-16H2,1H3/t18-/m0/s1. The highest BCUT2D eigenvalue weighted by Gasteiger charge is 2.33. The number of likely N-dealkylation sites (tertiary alicyclic amines) is 1. The van der Waals surface area contributed by atoms with Crippen LogP contribution in [0.25, 0.3) is 0 Å².